The molecule has 2 N–H and O–H groups in total. The van der Waals surface area contributed by atoms with E-state index in [2.05, 4.69) is 20.4 Å². The largest absolute Gasteiger partial charge is 0.456 e. The Balaban J connectivity index is 1.71. The fourth-order valence-corrected chi connectivity index (χ4v) is 3.98. The van der Waals surface area contributed by atoms with E-state index in [0.29, 0.717) is 22.2 Å². The number of rotatable bonds is 2. The van der Waals surface area contributed by atoms with E-state index in [-0.39, 0.29) is 29.1 Å². The first-order valence-electron chi connectivity index (χ1n) is 9.37. The van der Waals surface area contributed by atoms with E-state index in [9.17, 15) is 18.0 Å². The van der Waals surface area contributed by atoms with Crippen molar-refractivity contribution in [1.29, 1.82) is 0 Å². The van der Waals surface area contributed by atoms with Crippen LogP contribution in [-0.2, 0) is 15.7 Å². The number of halogens is 4. The highest BCUT2D eigenvalue weighted by molar-refractivity contribution is 5.97. The number of esters is 1. The number of fused-ring (bicyclic) bond motifs is 1. The second kappa shape index (κ2) is 6.95. The number of aromatic amines is 1. The molecule has 3 heterocycles. The zero-order valence-electron chi connectivity index (χ0n) is 16.0. The fraction of sp³-hybridized carbons (Fsp3) is 0.136. The lowest BCUT2D eigenvalue weighted by molar-refractivity contribution is -0.138. The standard InChI is InChI=1S/C22H12F4N4O2/c1-27-20-17(13-6-11-8-28-30-15(11)7-14(13)23)18-16(9-32-21(18)31)29-19(20)10-2-4-12(5-3-10)22(24,25)26/h2-8,17,29H,9H2,(H,28,30). The van der Waals surface area contributed by atoms with Gasteiger partial charge in [0, 0.05) is 11.1 Å². The molecule has 0 aliphatic carbocycles. The molecule has 0 fully saturated rings. The van der Waals surface area contributed by atoms with Gasteiger partial charge in [-0.2, -0.15) is 18.3 Å². The minimum Gasteiger partial charge on any atom is -0.456 e. The van der Waals surface area contributed by atoms with Gasteiger partial charge in [-0.05, 0) is 35.4 Å². The van der Waals surface area contributed by atoms with Crippen LogP contribution in [0.25, 0.3) is 21.4 Å². The number of allylic oxidation sites excluding steroid dienone is 1. The van der Waals surface area contributed by atoms with Gasteiger partial charge in [0.05, 0.1) is 41.0 Å². The van der Waals surface area contributed by atoms with Gasteiger partial charge in [0.15, 0.2) is 0 Å². The first-order chi connectivity index (χ1) is 15.3. The lowest BCUT2D eigenvalue weighted by Gasteiger charge is -2.27. The van der Waals surface area contributed by atoms with Crippen LogP contribution in [0.2, 0.25) is 0 Å². The summed E-state index contributed by atoms with van der Waals surface area (Å²) in [4.78, 5) is 16.0. The van der Waals surface area contributed by atoms with Crippen molar-refractivity contribution in [1.82, 2.24) is 15.5 Å². The van der Waals surface area contributed by atoms with E-state index in [0.717, 1.165) is 12.1 Å². The Morgan fingerprint density at radius 2 is 1.94 bits per heavy atom. The molecule has 0 spiro atoms. The second-order valence-corrected chi connectivity index (χ2v) is 7.30. The third kappa shape index (κ3) is 3.01. The molecule has 1 atom stereocenters. The third-order valence-corrected chi connectivity index (χ3v) is 5.48. The van der Waals surface area contributed by atoms with E-state index >= 15 is 4.39 Å². The number of ether oxygens (including phenoxy) is 1. The molecule has 32 heavy (non-hydrogen) atoms. The van der Waals surface area contributed by atoms with Crippen molar-refractivity contribution in [3.05, 3.63) is 93.5 Å². The van der Waals surface area contributed by atoms with Gasteiger partial charge in [-0.1, -0.05) is 12.1 Å². The van der Waals surface area contributed by atoms with Gasteiger partial charge < -0.3 is 10.1 Å². The number of carbonyl (C=O) groups excluding carboxylic acids is 1. The van der Waals surface area contributed by atoms with Gasteiger partial charge in [-0.25, -0.2) is 14.0 Å². The highest BCUT2D eigenvalue weighted by atomic mass is 19.4. The van der Waals surface area contributed by atoms with Crippen LogP contribution in [0.3, 0.4) is 0 Å². The summed E-state index contributed by atoms with van der Waals surface area (Å²) in [6.45, 7) is 7.63. The van der Waals surface area contributed by atoms with Crippen LogP contribution in [-0.4, -0.2) is 22.8 Å². The predicted octanol–water partition coefficient (Wildman–Crippen LogP) is 4.51. The van der Waals surface area contributed by atoms with Crippen LogP contribution in [0.4, 0.5) is 17.6 Å². The van der Waals surface area contributed by atoms with Crippen LogP contribution in [0.1, 0.15) is 22.6 Å². The number of nitrogens with one attached hydrogen (secondary N) is 2. The minimum absolute atomic E-state index is 0.0240. The zero-order valence-corrected chi connectivity index (χ0v) is 16.0. The molecule has 0 saturated carbocycles. The molecule has 0 radical (unpaired) electrons. The molecule has 160 valence electrons. The molecular weight excluding hydrogens is 428 g/mol. The number of H-pyrrole nitrogens is 1. The Bertz CT molecular complexity index is 1380. The Morgan fingerprint density at radius 1 is 1.19 bits per heavy atom. The van der Waals surface area contributed by atoms with E-state index in [1.54, 1.807) is 0 Å². The summed E-state index contributed by atoms with van der Waals surface area (Å²) in [6.07, 6.45) is -3.03. The maximum Gasteiger partial charge on any atom is 0.416 e. The Kier molecular flexibility index (Phi) is 4.30. The van der Waals surface area contributed by atoms with Crippen LogP contribution in [0.15, 0.2) is 59.6 Å². The van der Waals surface area contributed by atoms with Gasteiger partial charge in [0.2, 0.25) is 5.70 Å². The summed E-state index contributed by atoms with van der Waals surface area (Å²) in [6, 6.07) is 6.98. The van der Waals surface area contributed by atoms with Crippen LogP contribution >= 0.6 is 0 Å². The molecule has 2 aliphatic heterocycles. The van der Waals surface area contributed by atoms with Crippen molar-refractivity contribution in [3.8, 4) is 0 Å². The summed E-state index contributed by atoms with van der Waals surface area (Å²) in [5.74, 6) is -2.43. The number of hydrogen-bond donors (Lipinski definition) is 2. The van der Waals surface area contributed by atoms with E-state index < -0.39 is 29.4 Å². The molecule has 0 saturated heterocycles. The number of hydrogen-bond acceptors (Lipinski definition) is 4. The van der Waals surface area contributed by atoms with Crippen LogP contribution < -0.4 is 5.32 Å². The van der Waals surface area contributed by atoms with Crippen molar-refractivity contribution in [2.24, 2.45) is 0 Å². The van der Waals surface area contributed by atoms with Crippen molar-refractivity contribution in [3.63, 3.8) is 0 Å². The van der Waals surface area contributed by atoms with Crippen LogP contribution in [0.5, 0.6) is 0 Å². The highest BCUT2D eigenvalue weighted by Crippen LogP contribution is 2.45. The van der Waals surface area contributed by atoms with E-state index in [1.165, 1.54) is 30.5 Å². The topological polar surface area (TPSA) is 71.4 Å². The molecule has 3 aromatic rings. The normalized spacial score (nSPS) is 18.5. The highest BCUT2D eigenvalue weighted by Gasteiger charge is 2.42. The molecule has 1 aromatic heterocycles. The van der Waals surface area contributed by atoms with Gasteiger partial charge in [0.25, 0.3) is 0 Å². The molecular formula is C22H12F4N4O2. The smallest absolute Gasteiger partial charge is 0.416 e. The summed E-state index contributed by atoms with van der Waals surface area (Å²) in [5, 5.41) is 10.0. The predicted molar refractivity (Wildman–Crippen MR) is 105 cm³/mol. The first kappa shape index (κ1) is 19.8. The molecule has 6 nitrogen and oxygen atoms in total. The fourth-order valence-electron chi connectivity index (χ4n) is 3.98. The van der Waals surface area contributed by atoms with Crippen molar-refractivity contribution < 1.29 is 27.1 Å². The van der Waals surface area contributed by atoms with Crippen molar-refractivity contribution in [2.75, 3.05) is 6.61 Å². The Hall–Kier alpha value is -4.13. The average Bonchev–Trinajstić information content (AvgIpc) is 3.37. The number of nitrogens with zero attached hydrogens (tertiary/aromatic N) is 2. The molecule has 2 aliphatic rings. The van der Waals surface area contributed by atoms with E-state index in [4.69, 9.17) is 11.3 Å². The lowest BCUT2D eigenvalue weighted by atomic mass is 9.82. The van der Waals surface area contributed by atoms with Gasteiger partial charge in [0.1, 0.15) is 12.4 Å². The quantitative estimate of drug-likeness (QED) is 0.350. The van der Waals surface area contributed by atoms with Crippen molar-refractivity contribution >= 4 is 22.6 Å². The molecule has 1 unspecified atom stereocenters. The molecule has 0 bridgehead atoms. The molecule has 10 heteroatoms. The summed E-state index contributed by atoms with van der Waals surface area (Å²) in [5.41, 5.74) is 0.592. The minimum atomic E-state index is -4.51. The number of cyclic esters (lactones) is 1. The third-order valence-electron chi connectivity index (χ3n) is 5.48. The summed E-state index contributed by atoms with van der Waals surface area (Å²) in [7, 11) is 0. The summed E-state index contributed by atoms with van der Waals surface area (Å²) < 4.78 is 59.1. The number of aromatic nitrogens is 2. The maximum atomic E-state index is 15.1. The Morgan fingerprint density at radius 3 is 2.62 bits per heavy atom. The van der Waals surface area contributed by atoms with Gasteiger partial charge in [-0.15, -0.1) is 0 Å². The van der Waals surface area contributed by atoms with Crippen LogP contribution in [0, 0.1) is 12.4 Å². The van der Waals surface area contributed by atoms with E-state index in [1.807, 2.05) is 0 Å². The maximum absolute atomic E-state index is 15.1. The Labute approximate surface area is 178 Å². The SMILES string of the molecule is [C-]#[N+]C1=C(c2ccc(C(F)(F)F)cc2)NC2=C(C(=O)OC2)C1c1cc2cn[nH]c2cc1F. The van der Waals surface area contributed by atoms with Gasteiger partial charge in [-0.3, -0.25) is 5.10 Å². The molecule has 2 aromatic carbocycles. The zero-order chi connectivity index (χ0) is 22.6. The lowest BCUT2D eigenvalue weighted by Crippen LogP contribution is -2.26. The monoisotopic (exact) mass is 440 g/mol. The summed E-state index contributed by atoms with van der Waals surface area (Å²) >= 11 is 0. The second-order valence-electron chi connectivity index (χ2n) is 7.30. The van der Waals surface area contributed by atoms with Gasteiger partial charge >= 0.3 is 12.1 Å². The number of dihydropyridines is 1. The van der Waals surface area contributed by atoms with Crippen molar-refractivity contribution in [2.45, 2.75) is 12.1 Å². The number of carbonyl (C=O) groups is 1. The molecule has 0 amide bonds. The number of benzene rings is 2. The number of alkyl halides is 3. The first-order valence-corrected chi connectivity index (χ1v) is 9.37. The average molecular weight is 440 g/mol. The molecule has 5 rings (SSSR count).